The summed E-state index contributed by atoms with van der Waals surface area (Å²) in [6.45, 7) is 2.10. The summed E-state index contributed by atoms with van der Waals surface area (Å²) in [5.41, 5.74) is 1.34. The van der Waals surface area contributed by atoms with Crippen LogP contribution in [0.25, 0.3) is 10.8 Å². The SMILES string of the molecule is C/C(=C/CNc1ccc2ccccc2c1)C(=O)O. The van der Waals surface area contributed by atoms with E-state index in [2.05, 4.69) is 23.5 Å². The van der Waals surface area contributed by atoms with Gasteiger partial charge in [0.2, 0.25) is 0 Å². The number of carboxylic acid groups (broad SMARTS) is 1. The highest BCUT2D eigenvalue weighted by Gasteiger charge is 1.98. The van der Waals surface area contributed by atoms with E-state index in [4.69, 9.17) is 5.11 Å². The van der Waals surface area contributed by atoms with E-state index in [0.717, 1.165) is 5.69 Å². The van der Waals surface area contributed by atoms with Crippen molar-refractivity contribution in [2.24, 2.45) is 0 Å². The van der Waals surface area contributed by atoms with Crippen molar-refractivity contribution in [3.05, 3.63) is 54.1 Å². The molecule has 0 aliphatic rings. The van der Waals surface area contributed by atoms with Gasteiger partial charge in [-0.05, 0) is 29.8 Å². The molecule has 92 valence electrons. The molecule has 2 rings (SSSR count). The van der Waals surface area contributed by atoms with Crippen LogP contribution >= 0.6 is 0 Å². The fraction of sp³-hybridized carbons (Fsp3) is 0.133. The molecule has 2 aromatic rings. The van der Waals surface area contributed by atoms with Gasteiger partial charge in [-0.15, -0.1) is 0 Å². The third kappa shape index (κ3) is 2.88. The highest BCUT2D eigenvalue weighted by atomic mass is 16.4. The minimum absolute atomic E-state index is 0.350. The van der Waals surface area contributed by atoms with Gasteiger partial charge in [-0.1, -0.05) is 36.4 Å². The standard InChI is InChI=1S/C15H15NO2/c1-11(15(17)18)8-9-16-14-7-6-12-4-2-3-5-13(12)10-14/h2-8,10,16H,9H2,1H3,(H,17,18)/b11-8-. The summed E-state index contributed by atoms with van der Waals surface area (Å²) >= 11 is 0. The van der Waals surface area contributed by atoms with Crippen LogP contribution in [0.4, 0.5) is 5.69 Å². The number of hydrogen-bond donors (Lipinski definition) is 2. The first kappa shape index (κ1) is 12.2. The third-order valence-electron chi connectivity index (χ3n) is 2.80. The van der Waals surface area contributed by atoms with Crippen molar-refractivity contribution >= 4 is 22.4 Å². The van der Waals surface area contributed by atoms with Gasteiger partial charge in [-0.2, -0.15) is 0 Å². The van der Waals surface area contributed by atoms with Gasteiger partial charge >= 0.3 is 5.97 Å². The van der Waals surface area contributed by atoms with E-state index in [0.29, 0.717) is 12.1 Å². The topological polar surface area (TPSA) is 49.3 Å². The van der Waals surface area contributed by atoms with Crippen LogP contribution < -0.4 is 5.32 Å². The van der Waals surface area contributed by atoms with E-state index in [1.807, 2.05) is 24.3 Å². The Labute approximate surface area is 106 Å². The van der Waals surface area contributed by atoms with E-state index in [9.17, 15) is 4.79 Å². The van der Waals surface area contributed by atoms with E-state index in [1.54, 1.807) is 13.0 Å². The number of anilines is 1. The lowest BCUT2D eigenvalue weighted by Gasteiger charge is -2.05. The smallest absolute Gasteiger partial charge is 0.331 e. The second-order valence-electron chi connectivity index (χ2n) is 4.14. The fourth-order valence-corrected chi connectivity index (χ4v) is 1.71. The number of benzene rings is 2. The molecule has 2 N–H and O–H groups in total. The zero-order valence-corrected chi connectivity index (χ0v) is 10.2. The average Bonchev–Trinajstić information content (AvgIpc) is 2.38. The number of carboxylic acids is 1. The Balaban J connectivity index is 2.08. The van der Waals surface area contributed by atoms with Gasteiger partial charge in [-0.3, -0.25) is 0 Å². The Kier molecular flexibility index (Phi) is 3.63. The lowest BCUT2D eigenvalue weighted by molar-refractivity contribution is -0.132. The van der Waals surface area contributed by atoms with Crippen molar-refractivity contribution in [1.82, 2.24) is 0 Å². The Morgan fingerprint density at radius 3 is 2.67 bits per heavy atom. The van der Waals surface area contributed by atoms with Gasteiger partial charge in [0.25, 0.3) is 0 Å². The van der Waals surface area contributed by atoms with Crippen LogP contribution in [0, 0.1) is 0 Å². The van der Waals surface area contributed by atoms with Crippen molar-refractivity contribution < 1.29 is 9.90 Å². The Morgan fingerprint density at radius 1 is 1.22 bits per heavy atom. The van der Waals surface area contributed by atoms with Crippen LogP contribution in [0.1, 0.15) is 6.92 Å². The van der Waals surface area contributed by atoms with Crippen molar-refractivity contribution in [3.8, 4) is 0 Å². The van der Waals surface area contributed by atoms with Gasteiger partial charge < -0.3 is 10.4 Å². The van der Waals surface area contributed by atoms with Gasteiger partial charge in [-0.25, -0.2) is 4.79 Å². The van der Waals surface area contributed by atoms with Gasteiger partial charge in [0.05, 0.1) is 0 Å². The van der Waals surface area contributed by atoms with Crippen molar-refractivity contribution in [1.29, 1.82) is 0 Å². The lowest BCUT2D eigenvalue weighted by Crippen LogP contribution is -2.02. The zero-order chi connectivity index (χ0) is 13.0. The quantitative estimate of drug-likeness (QED) is 0.807. The van der Waals surface area contributed by atoms with Crippen LogP contribution in [0.15, 0.2) is 54.1 Å². The first-order valence-electron chi connectivity index (χ1n) is 5.79. The number of rotatable bonds is 4. The Bertz CT molecular complexity index is 602. The predicted octanol–water partition coefficient (Wildman–Crippen LogP) is 3.28. The summed E-state index contributed by atoms with van der Waals surface area (Å²) in [6.07, 6.45) is 1.66. The van der Waals surface area contributed by atoms with Crippen LogP contribution in [0.2, 0.25) is 0 Å². The first-order valence-corrected chi connectivity index (χ1v) is 5.79. The summed E-state index contributed by atoms with van der Waals surface area (Å²) < 4.78 is 0. The van der Waals surface area contributed by atoms with Gasteiger partial charge in [0, 0.05) is 17.8 Å². The molecule has 0 fully saturated rings. The van der Waals surface area contributed by atoms with E-state index in [1.165, 1.54) is 10.8 Å². The molecule has 0 saturated carbocycles. The second-order valence-corrected chi connectivity index (χ2v) is 4.14. The molecule has 0 spiro atoms. The first-order chi connectivity index (χ1) is 8.66. The minimum Gasteiger partial charge on any atom is -0.478 e. The molecule has 0 aliphatic carbocycles. The van der Waals surface area contributed by atoms with Crippen LogP contribution in [0.5, 0.6) is 0 Å². The number of carbonyl (C=O) groups is 1. The molecule has 3 heteroatoms. The number of aliphatic carboxylic acids is 1. The summed E-state index contributed by atoms with van der Waals surface area (Å²) in [5.74, 6) is -0.879. The molecule has 18 heavy (non-hydrogen) atoms. The molecule has 0 bridgehead atoms. The van der Waals surface area contributed by atoms with Crippen molar-refractivity contribution in [2.75, 3.05) is 11.9 Å². The highest BCUT2D eigenvalue weighted by Crippen LogP contribution is 2.18. The highest BCUT2D eigenvalue weighted by molar-refractivity contribution is 5.86. The van der Waals surface area contributed by atoms with E-state index in [-0.39, 0.29) is 0 Å². The number of nitrogens with one attached hydrogen (secondary N) is 1. The molecular formula is C15H15NO2. The summed E-state index contributed by atoms with van der Waals surface area (Å²) in [4.78, 5) is 10.6. The molecule has 2 aromatic carbocycles. The molecule has 0 saturated heterocycles. The maximum absolute atomic E-state index is 10.6. The van der Waals surface area contributed by atoms with Gasteiger partial charge in [0.1, 0.15) is 0 Å². The Hall–Kier alpha value is -2.29. The molecular weight excluding hydrogens is 226 g/mol. The predicted molar refractivity (Wildman–Crippen MR) is 73.8 cm³/mol. The van der Waals surface area contributed by atoms with E-state index >= 15 is 0 Å². The van der Waals surface area contributed by atoms with Crippen molar-refractivity contribution in [2.45, 2.75) is 6.92 Å². The summed E-state index contributed by atoms with van der Waals surface area (Å²) in [5, 5.41) is 14.3. The van der Waals surface area contributed by atoms with Crippen molar-refractivity contribution in [3.63, 3.8) is 0 Å². The molecule has 0 atom stereocenters. The largest absolute Gasteiger partial charge is 0.478 e. The zero-order valence-electron chi connectivity index (χ0n) is 10.2. The average molecular weight is 241 g/mol. The monoisotopic (exact) mass is 241 g/mol. The molecule has 0 aliphatic heterocycles. The van der Waals surface area contributed by atoms with Crippen LogP contribution in [-0.2, 0) is 4.79 Å². The maximum Gasteiger partial charge on any atom is 0.331 e. The molecule has 0 unspecified atom stereocenters. The fourth-order valence-electron chi connectivity index (χ4n) is 1.71. The number of fused-ring (bicyclic) bond motifs is 1. The molecule has 0 radical (unpaired) electrons. The second kappa shape index (κ2) is 5.36. The molecule has 0 amide bonds. The Morgan fingerprint density at radius 2 is 1.94 bits per heavy atom. The summed E-state index contributed by atoms with van der Waals surface area (Å²) in [7, 11) is 0. The van der Waals surface area contributed by atoms with E-state index < -0.39 is 5.97 Å². The summed E-state index contributed by atoms with van der Waals surface area (Å²) in [6, 6.07) is 14.2. The minimum atomic E-state index is -0.879. The molecule has 0 heterocycles. The normalized spacial score (nSPS) is 11.5. The molecule has 0 aromatic heterocycles. The van der Waals surface area contributed by atoms with Crippen LogP contribution in [0.3, 0.4) is 0 Å². The number of hydrogen-bond acceptors (Lipinski definition) is 2. The third-order valence-corrected chi connectivity index (χ3v) is 2.80. The maximum atomic E-state index is 10.6. The van der Waals surface area contributed by atoms with Crippen LogP contribution in [-0.4, -0.2) is 17.6 Å². The van der Waals surface area contributed by atoms with Gasteiger partial charge in [0.15, 0.2) is 0 Å². The molecule has 3 nitrogen and oxygen atoms in total. The lowest BCUT2D eigenvalue weighted by atomic mass is 10.1.